The van der Waals surface area contributed by atoms with Gasteiger partial charge in [0.2, 0.25) is 0 Å². The molecule has 0 aromatic carbocycles. The molecule has 0 unspecified atom stereocenters. The topological polar surface area (TPSA) is 44.1 Å². The lowest BCUT2D eigenvalue weighted by Gasteiger charge is -2.04. The molecule has 2 heterocycles. The Labute approximate surface area is 110 Å². The molecule has 5 heteroatoms. The van der Waals surface area contributed by atoms with E-state index < -0.39 is 5.97 Å². The maximum absolute atomic E-state index is 11.7. The molecule has 2 aromatic heterocycles. The van der Waals surface area contributed by atoms with E-state index in [2.05, 4.69) is 16.8 Å². The van der Waals surface area contributed by atoms with Crippen molar-refractivity contribution in [1.82, 2.24) is 9.55 Å². The van der Waals surface area contributed by atoms with Crippen molar-refractivity contribution in [1.29, 1.82) is 0 Å². The average molecular weight is 263 g/mol. The van der Waals surface area contributed by atoms with Gasteiger partial charge in [0.15, 0.2) is 0 Å². The number of halogens is 1. The summed E-state index contributed by atoms with van der Waals surface area (Å²) < 4.78 is 6.56. The van der Waals surface area contributed by atoms with Crippen molar-refractivity contribution in [3.63, 3.8) is 0 Å². The molecule has 0 fully saturated rings. The van der Waals surface area contributed by atoms with Crippen LogP contribution in [-0.2, 0) is 11.3 Å². The minimum absolute atomic E-state index is 0.257. The summed E-state index contributed by atoms with van der Waals surface area (Å²) in [6, 6.07) is 3.31. The maximum atomic E-state index is 11.7. The van der Waals surface area contributed by atoms with E-state index in [4.69, 9.17) is 16.3 Å². The largest absolute Gasteiger partial charge is 0.465 e. The highest BCUT2D eigenvalue weighted by Crippen LogP contribution is 2.22. The van der Waals surface area contributed by atoms with Crippen LogP contribution < -0.4 is 0 Å². The molecule has 0 aliphatic rings. The Kier molecular flexibility index (Phi) is 3.54. The third kappa shape index (κ3) is 2.18. The number of ether oxygens (including phenoxy) is 1. The number of nitrogens with zero attached hydrogens (tertiary/aromatic N) is 2. The van der Waals surface area contributed by atoms with Crippen LogP contribution in [-0.4, -0.2) is 22.6 Å². The number of hydrogen-bond acceptors (Lipinski definition) is 3. The predicted molar refractivity (Wildman–Crippen MR) is 69.5 cm³/mol. The van der Waals surface area contributed by atoms with E-state index >= 15 is 0 Å². The first kappa shape index (κ1) is 12.5. The summed E-state index contributed by atoms with van der Waals surface area (Å²) in [5.74, 6) is 5.32. The zero-order chi connectivity index (χ0) is 13.1. The second kappa shape index (κ2) is 5.11. The normalized spacial score (nSPS) is 9.94. The van der Waals surface area contributed by atoms with Crippen molar-refractivity contribution in [2.45, 2.75) is 13.5 Å². The summed E-state index contributed by atoms with van der Waals surface area (Å²) in [5.41, 5.74) is 1.04. The molecular weight excluding hydrogens is 252 g/mol. The van der Waals surface area contributed by atoms with Crippen molar-refractivity contribution >= 4 is 28.6 Å². The Hall–Kier alpha value is -1.99. The fourth-order valence-electron chi connectivity index (χ4n) is 1.70. The first-order chi connectivity index (χ1) is 8.67. The number of fused-ring (bicyclic) bond motifs is 1. The molecule has 0 amide bonds. The quantitative estimate of drug-likeness (QED) is 0.474. The third-order valence-corrected chi connectivity index (χ3v) is 2.73. The zero-order valence-electron chi connectivity index (χ0n) is 10.0. The van der Waals surface area contributed by atoms with E-state index in [1.165, 1.54) is 13.2 Å². The highest BCUT2D eigenvalue weighted by Gasteiger charge is 2.15. The first-order valence-corrected chi connectivity index (χ1v) is 5.68. The molecule has 0 N–H and O–H groups in total. The standard InChI is InChI=1S/C13H11ClN2O2/c1-3-4-6-16-7-5-9-10(13(17)18-2)8-11(14)15-12(9)16/h5,7-8H,6H2,1-2H3. The Morgan fingerprint density at radius 3 is 3.06 bits per heavy atom. The number of carbonyl (C=O) groups excluding carboxylic acids is 1. The van der Waals surface area contributed by atoms with E-state index in [9.17, 15) is 4.79 Å². The molecule has 18 heavy (non-hydrogen) atoms. The predicted octanol–water partition coefficient (Wildman–Crippen LogP) is 2.50. The molecule has 0 atom stereocenters. The van der Waals surface area contributed by atoms with Crippen LogP contribution >= 0.6 is 11.6 Å². The van der Waals surface area contributed by atoms with Gasteiger partial charge >= 0.3 is 5.97 Å². The molecule has 2 aromatic rings. The zero-order valence-corrected chi connectivity index (χ0v) is 10.8. The molecule has 0 radical (unpaired) electrons. The van der Waals surface area contributed by atoms with Crippen LogP contribution in [0.25, 0.3) is 11.0 Å². The summed E-state index contributed by atoms with van der Waals surface area (Å²) in [4.78, 5) is 15.9. The lowest BCUT2D eigenvalue weighted by Crippen LogP contribution is -2.03. The molecular formula is C13H11ClN2O2. The number of aromatic nitrogens is 2. The summed E-state index contributed by atoms with van der Waals surface area (Å²) in [5, 5.41) is 0.969. The van der Waals surface area contributed by atoms with Crippen LogP contribution in [0.1, 0.15) is 17.3 Å². The van der Waals surface area contributed by atoms with Gasteiger partial charge < -0.3 is 9.30 Å². The fourth-order valence-corrected chi connectivity index (χ4v) is 1.89. The Balaban J connectivity index is 2.63. The summed E-state index contributed by atoms with van der Waals surface area (Å²) in [6.07, 6.45) is 1.82. The molecule has 2 rings (SSSR count). The number of methoxy groups -OCH3 is 1. The van der Waals surface area contributed by atoms with Gasteiger partial charge in [0.25, 0.3) is 0 Å². The van der Waals surface area contributed by atoms with E-state index in [1.807, 2.05) is 16.8 Å². The number of rotatable bonds is 2. The molecule has 0 aliphatic carbocycles. The fraction of sp³-hybridized carbons (Fsp3) is 0.231. The van der Waals surface area contributed by atoms with Crippen LogP contribution in [0.4, 0.5) is 0 Å². The van der Waals surface area contributed by atoms with Gasteiger partial charge in [-0.05, 0) is 19.1 Å². The Morgan fingerprint density at radius 2 is 2.39 bits per heavy atom. The molecule has 4 nitrogen and oxygen atoms in total. The van der Waals surface area contributed by atoms with Gasteiger partial charge in [0.1, 0.15) is 10.8 Å². The van der Waals surface area contributed by atoms with Crippen molar-refractivity contribution in [2.24, 2.45) is 0 Å². The number of carbonyl (C=O) groups is 1. The van der Waals surface area contributed by atoms with E-state index in [0.717, 1.165) is 0 Å². The number of esters is 1. The lowest BCUT2D eigenvalue weighted by atomic mass is 10.2. The second-order valence-electron chi connectivity index (χ2n) is 3.59. The highest BCUT2D eigenvalue weighted by molar-refractivity contribution is 6.30. The second-order valence-corrected chi connectivity index (χ2v) is 3.98. The van der Waals surface area contributed by atoms with Gasteiger partial charge in [0, 0.05) is 11.6 Å². The van der Waals surface area contributed by atoms with Crippen molar-refractivity contribution in [2.75, 3.05) is 7.11 Å². The third-order valence-electron chi connectivity index (χ3n) is 2.53. The van der Waals surface area contributed by atoms with E-state index in [1.54, 1.807) is 6.92 Å². The van der Waals surface area contributed by atoms with Crippen LogP contribution in [0.2, 0.25) is 5.15 Å². The Morgan fingerprint density at radius 1 is 1.61 bits per heavy atom. The number of pyridine rings is 1. The summed E-state index contributed by atoms with van der Waals surface area (Å²) in [6.45, 7) is 2.28. The van der Waals surface area contributed by atoms with Gasteiger partial charge in [-0.25, -0.2) is 9.78 Å². The van der Waals surface area contributed by atoms with Crippen molar-refractivity contribution < 1.29 is 9.53 Å². The van der Waals surface area contributed by atoms with Crippen molar-refractivity contribution in [3.8, 4) is 11.8 Å². The average Bonchev–Trinajstić information content (AvgIpc) is 2.77. The molecule has 0 bridgehead atoms. The lowest BCUT2D eigenvalue weighted by molar-refractivity contribution is 0.0603. The first-order valence-electron chi connectivity index (χ1n) is 5.30. The summed E-state index contributed by atoms with van der Waals surface area (Å²) >= 11 is 5.92. The van der Waals surface area contributed by atoms with Crippen LogP contribution in [0.15, 0.2) is 18.3 Å². The van der Waals surface area contributed by atoms with Crippen LogP contribution in [0.5, 0.6) is 0 Å². The molecule has 0 spiro atoms. The molecule has 92 valence electrons. The smallest absolute Gasteiger partial charge is 0.338 e. The summed E-state index contributed by atoms with van der Waals surface area (Å²) in [7, 11) is 1.34. The minimum atomic E-state index is -0.427. The SMILES string of the molecule is CC#CCn1ccc2c(C(=O)OC)cc(Cl)nc21. The monoisotopic (exact) mass is 262 g/mol. The van der Waals surface area contributed by atoms with E-state index in [-0.39, 0.29) is 5.15 Å². The molecule has 0 aliphatic heterocycles. The van der Waals surface area contributed by atoms with Gasteiger partial charge in [-0.2, -0.15) is 0 Å². The Bertz CT molecular complexity index is 665. The molecule has 0 saturated heterocycles. The van der Waals surface area contributed by atoms with Gasteiger partial charge in [-0.1, -0.05) is 17.5 Å². The number of hydrogen-bond donors (Lipinski definition) is 0. The van der Waals surface area contributed by atoms with Gasteiger partial charge in [-0.3, -0.25) is 0 Å². The van der Waals surface area contributed by atoms with E-state index in [0.29, 0.717) is 23.1 Å². The van der Waals surface area contributed by atoms with Crippen molar-refractivity contribution in [3.05, 3.63) is 29.0 Å². The maximum Gasteiger partial charge on any atom is 0.338 e. The van der Waals surface area contributed by atoms with Gasteiger partial charge in [0.05, 0.1) is 19.2 Å². The highest BCUT2D eigenvalue weighted by atomic mass is 35.5. The van der Waals surface area contributed by atoms with Crippen LogP contribution in [0.3, 0.4) is 0 Å². The van der Waals surface area contributed by atoms with Gasteiger partial charge in [-0.15, -0.1) is 5.92 Å². The minimum Gasteiger partial charge on any atom is -0.465 e. The van der Waals surface area contributed by atoms with Crippen LogP contribution in [0, 0.1) is 11.8 Å². The molecule has 0 saturated carbocycles.